The molecule has 1 heterocycles. The fourth-order valence-electron chi connectivity index (χ4n) is 2.09. The van der Waals surface area contributed by atoms with Crippen LogP contribution in [0.15, 0.2) is 48.5 Å². The molecule has 3 rings (SSSR count). The molecular weight excluding hydrogens is 294 g/mol. The van der Waals surface area contributed by atoms with E-state index >= 15 is 0 Å². The van der Waals surface area contributed by atoms with Gasteiger partial charge in [0.25, 0.3) is 0 Å². The summed E-state index contributed by atoms with van der Waals surface area (Å²) in [5.74, 6) is 0.678. The van der Waals surface area contributed by atoms with Crippen molar-refractivity contribution in [2.75, 3.05) is 0 Å². The van der Waals surface area contributed by atoms with Crippen molar-refractivity contribution in [2.24, 2.45) is 0 Å². The molecule has 1 unspecified atom stereocenters. The Hall–Kier alpha value is -1.31. The molecule has 1 aliphatic heterocycles. The predicted octanol–water partition coefficient (Wildman–Crippen LogP) is 2.58. The Labute approximate surface area is 112 Å². The van der Waals surface area contributed by atoms with Crippen LogP contribution in [0.25, 0.3) is 0 Å². The van der Waals surface area contributed by atoms with Crippen LogP contribution in [0.3, 0.4) is 0 Å². The zero-order chi connectivity index (χ0) is 12.4. The Morgan fingerprint density at radius 1 is 1.17 bits per heavy atom. The minimum absolute atomic E-state index is 0.174. The van der Waals surface area contributed by atoms with Crippen LogP contribution in [-0.2, 0) is 6.42 Å². The average Bonchev–Trinajstić information content (AvgIpc) is 2.79. The van der Waals surface area contributed by atoms with Gasteiger partial charge in [-0.3, -0.25) is 0 Å². The molecule has 3 heteroatoms. The second-order valence-electron chi connectivity index (χ2n) is 4.32. The van der Waals surface area contributed by atoms with E-state index in [9.17, 15) is 4.39 Å². The molecule has 92 valence electrons. The molecule has 0 saturated carbocycles. The van der Waals surface area contributed by atoms with E-state index in [4.69, 9.17) is 4.74 Å². The van der Waals surface area contributed by atoms with Gasteiger partial charge >= 0.3 is 112 Å². The maximum atomic E-state index is 13.1. The molecule has 0 amide bonds. The Balaban J connectivity index is 1.61. The van der Waals surface area contributed by atoms with Crippen molar-refractivity contribution >= 4 is 19.4 Å². The van der Waals surface area contributed by atoms with Crippen LogP contribution in [0.1, 0.15) is 5.56 Å². The molecule has 0 bridgehead atoms. The first-order valence-corrected chi connectivity index (χ1v) is 8.01. The number of hydrogen-bond donors (Lipinski definition) is 0. The van der Waals surface area contributed by atoms with Gasteiger partial charge in [0.15, 0.2) is 0 Å². The second kappa shape index (κ2) is 5.13. The van der Waals surface area contributed by atoms with Crippen molar-refractivity contribution in [3.05, 3.63) is 59.9 Å². The van der Waals surface area contributed by atoms with E-state index in [0.29, 0.717) is 15.0 Å². The van der Waals surface area contributed by atoms with Crippen molar-refractivity contribution in [2.45, 2.75) is 17.8 Å². The monoisotopic (exact) mass is 308 g/mol. The van der Waals surface area contributed by atoms with Crippen molar-refractivity contribution in [1.29, 1.82) is 0 Å². The summed E-state index contributed by atoms with van der Waals surface area (Å²) in [6.07, 6.45) is 1.05. The van der Waals surface area contributed by atoms with Crippen LogP contribution < -0.4 is 9.20 Å². The molecule has 2 aromatic rings. The number of hydrogen-bond acceptors (Lipinski definition) is 1. The molecule has 0 saturated heterocycles. The molecule has 1 atom stereocenters. The Kier molecular flexibility index (Phi) is 3.35. The quantitative estimate of drug-likeness (QED) is 0.792. The third-order valence-corrected chi connectivity index (χ3v) is 5.34. The summed E-state index contributed by atoms with van der Waals surface area (Å²) in [5, 5.41) is 1.04. The summed E-state index contributed by atoms with van der Waals surface area (Å²) in [6, 6.07) is 15.3. The molecule has 0 N–H and O–H groups in total. The first-order valence-electron chi connectivity index (χ1n) is 5.94. The molecule has 0 aliphatic carbocycles. The average molecular weight is 307 g/mol. The standard InChI is InChI=1S/C15H13FOSe/c16-12-6-7-15-11(8-12)9-13(17-15)10-18-14-4-2-1-3-5-14/h1-8,13H,9-10H2. The van der Waals surface area contributed by atoms with E-state index in [-0.39, 0.29) is 11.9 Å². The van der Waals surface area contributed by atoms with Gasteiger partial charge in [0.05, 0.1) is 0 Å². The van der Waals surface area contributed by atoms with Gasteiger partial charge in [-0.2, -0.15) is 0 Å². The number of ether oxygens (including phenoxy) is 1. The molecule has 0 spiro atoms. The van der Waals surface area contributed by atoms with Gasteiger partial charge in [0.2, 0.25) is 0 Å². The summed E-state index contributed by atoms with van der Waals surface area (Å²) in [5.41, 5.74) is 1.00. The Bertz CT molecular complexity index is 541. The van der Waals surface area contributed by atoms with Gasteiger partial charge in [-0.05, 0) is 0 Å². The Morgan fingerprint density at radius 2 is 2.00 bits per heavy atom. The van der Waals surface area contributed by atoms with E-state index in [0.717, 1.165) is 23.1 Å². The Morgan fingerprint density at radius 3 is 2.83 bits per heavy atom. The van der Waals surface area contributed by atoms with Crippen molar-refractivity contribution in [3.8, 4) is 5.75 Å². The molecule has 1 nitrogen and oxygen atoms in total. The molecule has 0 radical (unpaired) electrons. The predicted molar refractivity (Wildman–Crippen MR) is 71.2 cm³/mol. The van der Waals surface area contributed by atoms with Gasteiger partial charge in [0.1, 0.15) is 0 Å². The summed E-state index contributed by atoms with van der Waals surface area (Å²) < 4.78 is 20.3. The summed E-state index contributed by atoms with van der Waals surface area (Å²) in [7, 11) is 0. The minimum atomic E-state index is -0.174. The SMILES string of the molecule is Fc1ccc2c(c1)CC(C[Se]c1ccccc1)O2. The number of rotatable bonds is 3. The summed E-state index contributed by atoms with van der Waals surface area (Å²) in [6.45, 7) is 0. The number of benzene rings is 2. The topological polar surface area (TPSA) is 9.23 Å². The van der Waals surface area contributed by atoms with Crippen molar-refractivity contribution in [3.63, 3.8) is 0 Å². The van der Waals surface area contributed by atoms with Crippen molar-refractivity contribution < 1.29 is 9.13 Å². The normalized spacial score (nSPS) is 17.3. The van der Waals surface area contributed by atoms with Gasteiger partial charge in [-0.15, -0.1) is 0 Å². The molecule has 1 aliphatic rings. The van der Waals surface area contributed by atoms with Crippen LogP contribution in [0.4, 0.5) is 4.39 Å². The molecule has 0 aromatic heterocycles. The van der Waals surface area contributed by atoms with Gasteiger partial charge in [-0.25, -0.2) is 0 Å². The van der Waals surface area contributed by atoms with Crippen LogP contribution >= 0.6 is 0 Å². The van der Waals surface area contributed by atoms with Crippen LogP contribution in [0.5, 0.6) is 5.75 Å². The summed E-state index contributed by atoms with van der Waals surface area (Å²) >= 11 is 0.423. The van der Waals surface area contributed by atoms with E-state index < -0.39 is 0 Å². The third-order valence-electron chi connectivity index (χ3n) is 2.94. The zero-order valence-corrected chi connectivity index (χ0v) is 11.5. The zero-order valence-electron chi connectivity index (χ0n) is 9.80. The number of halogens is 1. The molecule has 2 aromatic carbocycles. The van der Waals surface area contributed by atoms with Crippen LogP contribution in [0, 0.1) is 5.82 Å². The van der Waals surface area contributed by atoms with Gasteiger partial charge in [0, 0.05) is 0 Å². The van der Waals surface area contributed by atoms with Crippen LogP contribution in [-0.4, -0.2) is 21.1 Å². The second-order valence-corrected chi connectivity index (χ2v) is 6.61. The van der Waals surface area contributed by atoms with E-state index in [1.165, 1.54) is 10.5 Å². The van der Waals surface area contributed by atoms with E-state index in [1.54, 1.807) is 12.1 Å². The molecule has 0 fully saturated rings. The van der Waals surface area contributed by atoms with Crippen LogP contribution in [0.2, 0.25) is 5.32 Å². The van der Waals surface area contributed by atoms with E-state index in [1.807, 2.05) is 6.07 Å². The first kappa shape index (κ1) is 11.8. The third kappa shape index (κ3) is 2.58. The van der Waals surface area contributed by atoms with Gasteiger partial charge < -0.3 is 0 Å². The maximum absolute atomic E-state index is 13.1. The first-order chi connectivity index (χ1) is 8.81. The van der Waals surface area contributed by atoms with Gasteiger partial charge in [-0.1, -0.05) is 0 Å². The van der Waals surface area contributed by atoms with Crippen molar-refractivity contribution in [1.82, 2.24) is 0 Å². The number of fused-ring (bicyclic) bond motifs is 1. The fraction of sp³-hybridized carbons (Fsp3) is 0.200. The van der Waals surface area contributed by atoms with E-state index in [2.05, 4.69) is 24.3 Å². The fourth-order valence-corrected chi connectivity index (χ4v) is 4.01. The summed E-state index contributed by atoms with van der Waals surface area (Å²) in [4.78, 5) is 0. The molecular formula is C15H13FOSe. The molecule has 18 heavy (non-hydrogen) atoms.